The van der Waals surface area contributed by atoms with Crippen molar-refractivity contribution < 1.29 is 23.4 Å². The molecular weight excluding hydrogens is 344 g/mol. The minimum Gasteiger partial charge on any atom is -0.465 e. The van der Waals surface area contributed by atoms with Crippen LogP contribution >= 0.6 is 0 Å². The Morgan fingerprint density at radius 3 is 2.40 bits per heavy atom. The van der Waals surface area contributed by atoms with Crippen LogP contribution in [0.3, 0.4) is 0 Å². The van der Waals surface area contributed by atoms with E-state index >= 15 is 0 Å². The van der Waals surface area contributed by atoms with Gasteiger partial charge in [0.2, 0.25) is 10.0 Å². The number of rotatable bonds is 11. The molecule has 0 aliphatic rings. The lowest BCUT2D eigenvalue weighted by molar-refractivity contribution is 0.122. The highest BCUT2D eigenvalue weighted by atomic mass is 32.2. The molecule has 0 aliphatic heterocycles. The first kappa shape index (κ1) is 21.4. The van der Waals surface area contributed by atoms with Crippen molar-refractivity contribution in [2.24, 2.45) is 5.92 Å². The molecule has 8 heteroatoms. The summed E-state index contributed by atoms with van der Waals surface area (Å²) in [6.07, 6.45) is -0.815. The van der Waals surface area contributed by atoms with Crippen molar-refractivity contribution in [3.8, 4) is 0 Å². The predicted molar refractivity (Wildman–Crippen MR) is 97.0 cm³/mol. The molecule has 0 bridgehead atoms. The number of hydrogen-bond acceptors (Lipinski definition) is 4. The molecule has 0 saturated heterocycles. The van der Waals surface area contributed by atoms with Crippen molar-refractivity contribution in [2.45, 2.75) is 45.3 Å². The lowest BCUT2D eigenvalue weighted by Crippen LogP contribution is -2.49. The summed E-state index contributed by atoms with van der Waals surface area (Å²) in [5, 5.41) is 21.4. The van der Waals surface area contributed by atoms with Crippen molar-refractivity contribution >= 4 is 16.1 Å². The molecule has 25 heavy (non-hydrogen) atoms. The standard InChI is InChI=1S/C17H28N2O5S/c1-13(2)7-6-10-25(23,24)18-12-16(20)15(19-17(21)22)11-14-8-4-3-5-9-14/h3-5,8-9,13,15-16,18-20H,6-7,10-12H2,1-2H3,(H,21,22)/t15-,16+/m0/s1. The van der Waals surface area contributed by atoms with E-state index in [2.05, 4.69) is 10.0 Å². The van der Waals surface area contributed by atoms with Crippen LogP contribution in [0.4, 0.5) is 4.79 Å². The molecule has 4 N–H and O–H groups in total. The van der Waals surface area contributed by atoms with Gasteiger partial charge in [-0.1, -0.05) is 44.2 Å². The van der Waals surface area contributed by atoms with Gasteiger partial charge in [0.1, 0.15) is 0 Å². The van der Waals surface area contributed by atoms with Crippen LogP contribution in [0.5, 0.6) is 0 Å². The zero-order valence-corrected chi connectivity index (χ0v) is 15.5. The zero-order valence-electron chi connectivity index (χ0n) is 14.7. The Morgan fingerprint density at radius 2 is 1.84 bits per heavy atom. The number of carboxylic acid groups (broad SMARTS) is 1. The molecule has 0 fully saturated rings. The van der Waals surface area contributed by atoms with E-state index < -0.39 is 28.3 Å². The van der Waals surface area contributed by atoms with Crippen LogP contribution in [0.1, 0.15) is 32.3 Å². The number of nitrogens with one attached hydrogen (secondary N) is 2. The maximum Gasteiger partial charge on any atom is 0.404 e. The highest BCUT2D eigenvalue weighted by Crippen LogP contribution is 2.08. The van der Waals surface area contributed by atoms with Crippen LogP contribution in [0, 0.1) is 5.92 Å². The second-order valence-corrected chi connectivity index (χ2v) is 8.44. The molecule has 142 valence electrons. The van der Waals surface area contributed by atoms with E-state index in [1.165, 1.54) is 0 Å². The monoisotopic (exact) mass is 372 g/mol. The molecule has 1 aromatic carbocycles. The van der Waals surface area contributed by atoms with Crippen molar-refractivity contribution in [2.75, 3.05) is 12.3 Å². The largest absolute Gasteiger partial charge is 0.465 e. The van der Waals surface area contributed by atoms with Gasteiger partial charge >= 0.3 is 6.09 Å². The molecule has 0 aliphatic carbocycles. The van der Waals surface area contributed by atoms with Gasteiger partial charge in [-0.05, 0) is 30.7 Å². The number of aliphatic hydroxyl groups is 1. The molecule has 0 heterocycles. The zero-order chi connectivity index (χ0) is 18.9. The normalized spacial score (nSPS) is 14.2. The quantitative estimate of drug-likeness (QED) is 0.471. The molecule has 1 rings (SSSR count). The fourth-order valence-electron chi connectivity index (χ4n) is 2.42. The fourth-order valence-corrected chi connectivity index (χ4v) is 3.53. The van der Waals surface area contributed by atoms with E-state index in [0.29, 0.717) is 12.3 Å². The van der Waals surface area contributed by atoms with Gasteiger partial charge < -0.3 is 15.5 Å². The maximum absolute atomic E-state index is 12.0. The Bertz CT molecular complexity index is 619. The molecular formula is C17H28N2O5S. The Kier molecular flexibility index (Phi) is 8.88. The lowest BCUT2D eigenvalue weighted by atomic mass is 10.0. The number of hydrogen-bond donors (Lipinski definition) is 4. The number of amides is 1. The number of aliphatic hydroxyl groups excluding tert-OH is 1. The summed E-state index contributed by atoms with van der Waals surface area (Å²) in [5.74, 6) is 0.420. The summed E-state index contributed by atoms with van der Waals surface area (Å²) in [6.45, 7) is 3.81. The van der Waals surface area contributed by atoms with Gasteiger partial charge in [-0.15, -0.1) is 0 Å². The van der Waals surface area contributed by atoms with E-state index in [1.54, 1.807) is 0 Å². The average Bonchev–Trinajstić information content (AvgIpc) is 2.52. The lowest BCUT2D eigenvalue weighted by Gasteiger charge is -2.23. The average molecular weight is 372 g/mol. The Labute approximate surface area is 149 Å². The second kappa shape index (κ2) is 10.4. The molecule has 7 nitrogen and oxygen atoms in total. The molecule has 0 saturated carbocycles. The Balaban J connectivity index is 2.59. The van der Waals surface area contributed by atoms with Crippen molar-refractivity contribution in [3.05, 3.63) is 35.9 Å². The van der Waals surface area contributed by atoms with Gasteiger partial charge in [-0.25, -0.2) is 17.9 Å². The topological polar surface area (TPSA) is 116 Å². The third kappa shape index (κ3) is 9.42. The van der Waals surface area contributed by atoms with E-state index in [4.69, 9.17) is 5.11 Å². The molecule has 2 atom stereocenters. The van der Waals surface area contributed by atoms with E-state index in [9.17, 15) is 18.3 Å². The first-order valence-electron chi connectivity index (χ1n) is 8.38. The van der Waals surface area contributed by atoms with Gasteiger partial charge in [0.25, 0.3) is 0 Å². The van der Waals surface area contributed by atoms with Gasteiger partial charge in [-0.2, -0.15) is 0 Å². The van der Waals surface area contributed by atoms with Crippen LogP contribution in [0.15, 0.2) is 30.3 Å². The van der Waals surface area contributed by atoms with E-state index in [1.807, 2.05) is 44.2 Å². The summed E-state index contributed by atoms with van der Waals surface area (Å²) < 4.78 is 26.3. The summed E-state index contributed by atoms with van der Waals surface area (Å²) in [7, 11) is -3.49. The third-order valence-corrected chi connectivity index (χ3v) is 5.21. The summed E-state index contributed by atoms with van der Waals surface area (Å²) in [4.78, 5) is 10.9. The SMILES string of the molecule is CC(C)CCCS(=O)(=O)NC[C@@H](O)[C@H](Cc1ccccc1)NC(=O)O. The second-order valence-electron chi connectivity index (χ2n) is 6.52. The van der Waals surface area contributed by atoms with Crippen LogP contribution < -0.4 is 10.0 Å². The third-order valence-electron chi connectivity index (χ3n) is 3.78. The highest BCUT2D eigenvalue weighted by molar-refractivity contribution is 7.89. The van der Waals surface area contributed by atoms with Gasteiger partial charge in [-0.3, -0.25) is 0 Å². The summed E-state index contributed by atoms with van der Waals surface area (Å²) in [6, 6.07) is 8.30. The van der Waals surface area contributed by atoms with E-state index in [-0.39, 0.29) is 18.7 Å². The summed E-state index contributed by atoms with van der Waals surface area (Å²) in [5.41, 5.74) is 0.847. The maximum atomic E-state index is 12.0. The molecule has 0 spiro atoms. The minimum atomic E-state index is -3.49. The molecule has 0 unspecified atom stereocenters. The minimum absolute atomic E-state index is 0.00634. The van der Waals surface area contributed by atoms with Crippen molar-refractivity contribution in [1.29, 1.82) is 0 Å². The van der Waals surface area contributed by atoms with Gasteiger partial charge in [0.15, 0.2) is 0 Å². The molecule has 1 amide bonds. The first-order chi connectivity index (χ1) is 11.7. The number of carbonyl (C=O) groups is 1. The van der Waals surface area contributed by atoms with Crippen LogP contribution in [-0.2, 0) is 16.4 Å². The smallest absolute Gasteiger partial charge is 0.404 e. The van der Waals surface area contributed by atoms with Crippen LogP contribution in [0.2, 0.25) is 0 Å². The van der Waals surface area contributed by atoms with Crippen LogP contribution in [0.25, 0.3) is 0 Å². The van der Waals surface area contributed by atoms with E-state index in [0.717, 1.165) is 12.0 Å². The predicted octanol–water partition coefficient (Wildman–Crippen LogP) is 1.58. The van der Waals surface area contributed by atoms with Crippen molar-refractivity contribution in [1.82, 2.24) is 10.0 Å². The Morgan fingerprint density at radius 1 is 1.20 bits per heavy atom. The highest BCUT2D eigenvalue weighted by Gasteiger charge is 2.23. The van der Waals surface area contributed by atoms with Gasteiger partial charge in [0.05, 0.1) is 17.9 Å². The summed E-state index contributed by atoms with van der Waals surface area (Å²) >= 11 is 0. The van der Waals surface area contributed by atoms with Crippen molar-refractivity contribution in [3.63, 3.8) is 0 Å². The van der Waals surface area contributed by atoms with Crippen LogP contribution in [-0.4, -0.2) is 49.2 Å². The van der Waals surface area contributed by atoms with Gasteiger partial charge in [0, 0.05) is 6.54 Å². The Hall–Kier alpha value is -1.64. The number of benzene rings is 1. The molecule has 0 radical (unpaired) electrons. The fraction of sp³-hybridized carbons (Fsp3) is 0.588. The number of sulfonamides is 1. The first-order valence-corrected chi connectivity index (χ1v) is 10.0. The molecule has 1 aromatic rings. The molecule has 0 aromatic heterocycles.